The van der Waals surface area contributed by atoms with Crippen molar-refractivity contribution in [3.63, 3.8) is 0 Å². The average Bonchev–Trinajstić information content (AvgIpc) is 3.01. The molecule has 6 heteroatoms. The molecule has 128 valence electrons. The summed E-state index contributed by atoms with van der Waals surface area (Å²) in [6, 6.07) is 7.91. The molecule has 0 spiro atoms. The summed E-state index contributed by atoms with van der Waals surface area (Å²) >= 11 is 1.51. The summed E-state index contributed by atoms with van der Waals surface area (Å²) in [7, 11) is 3.65. The second-order valence-corrected chi connectivity index (χ2v) is 6.89. The number of hydrogen-bond acceptors (Lipinski definition) is 4. The molecule has 0 bridgehead atoms. The van der Waals surface area contributed by atoms with Gasteiger partial charge in [0.25, 0.3) is 0 Å². The number of nitrogens with zero attached hydrogens (tertiary/aromatic N) is 3. The van der Waals surface area contributed by atoms with Crippen LogP contribution in [0.1, 0.15) is 19.3 Å². The number of likely N-dealkylation sites (tertiary alicyclic amines) is 1. The minimum Gasteiger partial charge on any atom is -0.497 e. The molecular formula is C18H23N3O2S. The predicted molar refractivity (Wildman–Crippen MR) is 96.4 cm³/mol. The number of carbonyl (C=O) groups is 1. The van der Waals surface area contributed by atoms with Gasteiger partial charge in [-0.15, -0.1) is 0 Å². The number of benzene rings is 1. The van der Waals surface area contributed by atoms with Crippen LogP contribution in [0.2, 0.25) is 0 Å². The fourth-order valence-corrected chi connectivity index (χ4v) is 3.77. The molecule has 24 heavy (non-hydrogen) atoms. The number of hydrogen-bond donors (Lipinski definition) is 0. The van der Waals surface area contributed by atoms with Gasteiger partial charge < -0.3 is 14.2 Å². The van der Waals surface area contributed by atoms with E-state index in [1.807, 2.05) is 47.0 Å². The Kier molecular flexibility index (Phi) is 5.45. The summed E-state index contributed by atoms with van der Waals surface area (Å²) in [6.07, 6.45) is 5.35. The zero-order valence-electron chi connectivity index (χ0n) is 14.2. The average molecular weight is 345 g/mol. The van der Waals surface area contributed by atoms with Gasteiger partial charge in [-0.2, -0.15) is 0 Å². The number of rotatable bonds is 5. The molecule has 0 N–H and O–H groups in total. The minimum absolute atomic E-state index is 0.216. The molecule has 2 aromatic rings. The molecule has 1 amide bonds. The Morgan fingerprint density at radius 2 is 1.92 bits per heavy atom. The van der Waals surface area contributed by atoms with Crippen molar-refractivity contribution in [2.75, 3.05) is 26.0 Å². The number of imidazole rings is 1. The summed E-state index contributed by atoms with van der Waals surface area (Å²) < 4.78 is 7.23. The van der Waals surface area contributed by atoms with Gasteiger partial charge in [0, 0.05) is 25.7 Å². The van der Waals surface area contributed by atoms with E-state index in [0.717, 1.165) is 48.1 Å². The van der Waals surface area contributed by atoms with E-state index in [1.54, 1.807) is 7.11 Å². The number of piperidine rings is 1. The van der Waals surface area contributed by atoms with Crippen molar-refractivity contribution in [3.8, 4) is 17.0 Å². The first-order valence-electron chi connectivity index (χ1n) is 8.26. The van der Waals surface area contributed by atoms with E-state index in [4.69, 9.17) is 4.74 Å². The molecule has 0 aliphatic carbocycles. The minimum atomic E-state index is 0.216. The van der Waals surface area contributed by atoms with Crippen LogP contribution in [0.15, 0.2) is 35.6 Å². The molecule has 5 nitrogen and oxygen atoms in total. The van der Waals surface area contributed by atoms with Gasteiger partial charge in [-0.3, -0.25) is 4.79 Å². The van der Waals surface area contributed by atoms with E-state index >= 15 is 0 Å². The van der Waals surface area contributed by atoms with E-state index in [9.17, 15) is 4.79 Å². The Bertz CT molecular complexity index is 691. The largest absolute Gasteiger partial charge is 0.497 e. The van der Waals surface area contributed by atoms with E-state index in [2.05, 4.69) is 4.98 Å². The fraction of sp³-hybridized carbons (Fsp3) is 0.444. The fourth-order valence-electron chi connectivity index (χ4n) is 2.92. The van der Waals surface area contributed by atoms with Crippen LogP contribution < -0.4 is 4.74 Å². The highest BCUT2D eigenvalue weighted by Crippen LogP contribution is 2.26. The summed E-state index contributed by atoms with van der Waals surface area (Å²) in [5.74, 6) is 1.50. The second kappa shape index (κ2) is 7.75. The van der Waals surface area contributed by atoms with Crippen LogP contribution in [0.3, 0.4) is 0 Å². The van der Waals surface area contributed by atoms with Crippen LogP contribution in [0.4, 0.5) is 0 Å². The molecule has 3 rings (SSSR count). The van der Waals surface area contributed by atoms with Crippen LogP contribution in [-0.2, 0) is 11.8 Å². The Balaban J connectivity index is 1.64. The second-order valence-electron chi connectivity index (χ2n) is 5.94. The number of ether oxygens (including phenoxy) is 1. The van der Waals surface area contributed by atoms with Crippen molar-refractivity contribution in [1.29, 1.82) is 0 Å². The maximum absolute atomic E-state index is 12.3. The van der Waals surface area contributed by atoms with Crippen LogP contribution in [0.5, 0.6) is 5.75 Å². The third-order valence-corrected chi connectivity index (χ3v) is 5.39. The van der Waals surface area contributed by atoms with Gasteiger partial charge in [-0.05, 0) is 43.5 Å². The first-order valence-corrected chi connectivity index (χ1v) is 9.24. The van der Waals surface area contributed by atoms with Gasteiger partial charge in [-0.25, -0.2) is 4.98 Å². The smallest absolute Gasteiger partial charge is 0.233 e. The molecule has 1 saturated heterocycles. The number of methoxy groups -OCH3 is 1. The zero-order valence-corrected chi connectivity index (χ0v) is 15.0. The number of amides is 1. The molecule has 2 heterocycles. The molecule has 1 aliphatic rings. The first kappa shape index (κ1) is 16.9. The van der Waals surface area contributed by atoms with Gasteiger partial charge in [0.05, 0.1) is 24.8 Å². The summed E-state index contributed by atoms with van der Waals surface area (Å²) in [4.78, 5) is 18.7. The number of aromatic nitrogens is 2. The highest BCUT2D eigenvalue weighted by Gasteiger charge is 2.18. The van der Waals surface area contributed by atoms with Crippen molar-refractivity contribution in [2.24, 2.45) is 7.05 Å². The summed E-state index contributed by atoms with van der Waals surface area (Å²) in [5.41, 5.74) is 2.12. The maximum atomic E-state index is 12.3. The SMILES string of the molecule is COc1ccc(-c2cnc(SCC(=O)N3CCCCC3)n2C)cc1. The van der Waals surface area contributed by atoms with E-state index in [0.29, 0.717) is 5.75 Å². The lowest BCUT2D eigenvalue weighted by Gasteiger charge is -2.26. The predicted octanol–water partition coefficient (Wildman–Crippen LogP) is 3.20. The molecule has 1 aromatic heterocycles. The lowest BCUT2D eigenvalue weighted by atomic mass is 10.1. The highest BCUT2D eigenvalue weighted by atomic mass is 32.2. The number of thioether (sulfide) groups is 1. The van der Waals surface area contributed by atoms with Crippen molar-refractivity contribution in [1.82, 2.24) is 14.5 Å². The molecule has 0 atom stereocenters. The van der Waals surface area contributed by atoms with E-state index in [1.165, 1.54) is 18.2 Å². The van der Waals surface area contributed by atoms with Gasteiger partial charge >= 0.3 is 0 Å². The van der Waals surface area contributed by atoms with Crippen LogP contribution in [-0.4, -0.2) is 46.3 Å². The van der Waals surface area contributed by atoms with Crippen LogP contribution >= 0.6 is 11.8 Å². The standard InChI is InChI=1S/C18H23N3O2S/c1-20-16(14-6-8-15(23-2)9-7-14)12-19-18(20)24-13-17(22)21-10-4-3-5-11-21/h6-9,12H,3-5,10-11,13H2,1-2H3. The molecule has 1 aliphatic heterocycles. The van der Waals surface area contributed by atoms with Crippen molar-refractivity contribution in [3.05, 3.63) is 30.5 Å². The molecule has 1 fully saturated rings. The van der Waals surface area contributed by atoms with Gasteiger partial charge in [-0.1, -0.05) is 11.8 Å². The summed E-state index contributed by atoms with van der Waals surface area (Å²) in [5, 5.41) is 0.867. The van der Waals surface area contributed by atoms with Crippen molar-refractivity contribution in [2.45, 2.75) is 24.4 Å². The van der Waals surface area contributed by atoms with Crippen molar-refractivity contribution < 1.29 is 9.53 Å². The lowest BCUT2D eigenvalue weighted by molar-refractivity contribution is -0.129. The first-order chi connectivity index (χ1) is 11.7. The highest BCUT2D eigenvalue weighted by molar-refractivity contribution is 7.99. The third kappa shape index (κ3) is 3.75. The number of carbonyl (C=O) groups excluding carboxylic acids is 1. The molecule has 0 unspecified atom stereocenters. The molecule has 0 radical (unpaired) electrons. The summed E-state index contributed by atoms with van der Waals surface area (Å²) in [6.45, 7) is 1.80. The Morgan fingerprint density at radius 3 is 2.58 bits per heavy atom. The van der Waals surface area contributed by atoms with Crippen LogP contribution in [0.25, 0.3) is 11.3 Å². The van der Waals surface area contributed by atoms with Gasteiger partial charge in [0.1, 0.15) is 5.75 Å². The third-order valence-electron chi connectivity index (χ3n) is 4.36. The molecule has 1 aromatic carbocycles. The van der Waals surface area contributed by atoms with Gasteiger partial charge in [0.2, 0.25) is 5.91 Å². The maximum Gasteiger partial charge on any atom is 0.233 e. The van der Waals surface area contributed by atoms with Crippen LogP contribution in [0, 0.1) is 0 Å². The lowest BCUT2D eigenvalue weighted by Crippen LogP contribution is -2.36. The van der Waals surface area contributed by atoms with Crippen molar-refractivity contribution >= 4 is 17.7 Å². The molecular weight excluding hydrogens is 322 g/mol. The Labute approximate surface area is 147 Å². The Morgan fingerprint density at radius 1 is 1.21 bits per heavy atom. The Hall–Kier alpha value is -1.95. The van der Waals surface area contributed by atoms with E-state index < -0.39 is 0 Å². The monoisotopic (exact) mass is 345 g/mol. The zero-order chi connectivity index (χ0) is 16.9. The topological polar surface area (TPSA) is 47.4 Å². The van der Waals surface area contributed by atoms with Gasteiger partial charge in [0.15, 0.2) is 5.16 Å². The van der Waals surface area contributed by atoms with E-state index in [-0.39, 0.29) is 5.91 Å². The molecule has 0 saturated carbocycles. The quantitative estimate of drug-likeness (QED) is 0.781. The normalized spacial score (nSPS) is 14.7.